The lowest BCUT2D eigenvalue weighted by molar-refractivity contribution is -0.123. The Morgan fingerprint density at radius 3 is 2.46 bits per heavy atom. The maximum atomic E-state index is 12.2. The van der Waals surface area contributed by atoms with Gasteiger partial charge in [0.1, 0.15) is 4.90 Å². The highest BCUT2D eigenvalue weighted by Gasteiger charge is 2.23. The standard InChI is InChI=1S/C17H22ClN3O6S/c1-21(2)28(25,26)14-9-11(7-8-13(14)18)16(23)27-10-15(22)20-17(24)19-12-5-3-4-6-12/h7-9,12H,3-6,10H2,1-2H3,(H2,19,20,22,24). The normalized spacial score (nSPS) is 14.7. The summed E-state index contributed by atoms with van der Waals surface area (Å²) >= 11 is 5.92. The second kappa shape index (κ2) is 9.35. The Morgan fingerprint density at radius 2 is 1.86 bits per heavy atom. The van der Waals surface area contributed by atoms with Crippen molar-refractivity contribution in [2.24, 2.45) is 0 Å². The fraction of sp³-hybridized carbons (Fsp3) is 0.471. The highest BCUT2D eigenvalue weighted by Crippen LogP contribution is 2.25. The van der Waals surface area contributed by atoms with Crippen molar-refractivity contribution in [2.75, 3.05) is 20.7 Å². The summed E-state index contributed by atoms with van der Waals surface area (Å²) in [7, 11) is -1.20. The summed E-state index contributed by atoms with van der Waals surface area (Å²) in [6.45, 7) is -0.685. The number of benzene rings is 1. The lowest BCUT2D eigenvalue weighted by Gasteiger charge is -2.14. The summed E-state index contributed by atoms with van der Waals surface area (Å²) < 4.78 is 30.3. The summed E-state index contributed by atoms with van der Waals surface area (Å²) in [6.07, 6.45) is 3.79. The number of hydrogen-bond acceptors (Lipinski definition) is 6. The van der Waals surface area contributed by atoms with Crippen LogP contribution in [0.25, 0.3) is 0 Å². The minimum atomic E-state index is -3.86. The molecule has 1 saturated carbocycles. The zero-order valence-electron chi connectivity index (χ0n) is 15.5. The fourth-order valence-corrected chi connectivity index (χ4v) is 4.09. The smallest absolute Gasteiger partial charge is 0.338 e. The number of nitrogens with zero attached hydrogens (tertiary/aromatic N) is 1. The average Bonchev–Trinajstić information content (AvgIpc) is 3.12. The van der Waals surface area contributed by atoms with Gasteiger partial charge in [0.05, 0.1) is 10.6 Å². The third-order valence-electron chi connectivity index (χ3n) is 4.20. The van der Waals surface area contributed by atoms with Crippen LogP contribution < -0.4 is 10.6 Å². The number of ether oxygens (including phenoxy) is 1. The first-order valence-electron chi connectivity index (χ1n) is 8.61. The van der Waals surface area contributed by atoms with Gasteiger partial charge in [-0.3, -0.25) is 10.1 Å². The molecule has 0 radical (unpaired) electrons. The molecule has 3 amide bonds. The first kappa shape index (κ1) is 22.1. The van der Waals surface area contributed by atoms with Gasteiger partial charge in [0.15, 0.2) is 6.61 Å². The Balaban J connectivity index is 1.94. The Bertz CT molecular complexity index is 866. The largest absolute Gasteiger partial charge is 0.452 e. The highest BCUT2D eigenvalue weighted by molar-refractivity contribution is 7.89. The molecule has 0 heterocycles. The predicted molar refractivity (Wildman–Crippen MR) is 102 cm³/mol. The minimum absolute atomic E-state index is 0.0430. The molecule has 0 aliphatic heterocycles. The fourth-order valence-electron chi connectivity index (χ4n) is 2.69. The van der Waals surface area contributed by atoms with Gasteiger partial charge in [-0.1, -0.05) is 24.4 Å². The van der Waals surface area contributed by atoms with Crippen LogP contribution in [0, 0.1) is 0 Å². The van der Waals surface area contributed by atoms with Crippen LogP contribution in [-0.4, -0.2) is 57.4 Å². The van der Waals surface area contributed by atoms with Crippen LogP contribution >= 0.6 is 11.6 Å². The van der Waals surface area contributed by atoms with E-state index < -0.39 is 34.5 Å². The molecule has 0 aromatic heterocycles. The summed E-state index contributed by atoms with van der Waals surface area (Å²) in [4.78, 5) is 35.3. The number of rotatable bonds is 6. The van der Waals surface area contributed by atoms with Crippen molar-refractivity contribution in [3.05, 3.63) is 28.8 Å². The van der Waals surface area contributed by atoms with E-state index in [1.54, 1.807) is 0 Å². The number of urea groups is 1. The molecule has 1 aromatic carbocycles. The van der Waals surface area contributed by atoms with Crippen molar-refractivity contribution in [2.45, 2.75) is 36.6 Å². The molecule has 0 saturated heterocycles. The maximum absolute atomic E-state index is 12.2. The van der Waals surface area contributed by atoms with Crippen LogP contribution in [0.4, 0.5) is 4.79 Å². The quantitative estimate of drug-likeness (QED) is 0.658. The van der Waals surface area contributed by atoms with E-state index >= 15 is 0 Å². The van der Waals surface area contributed by atoms with Crippen LogP contribution in [-0.2, 0) is 19.6 Å². The van der Waals surface area contributed by atoms with Crippen molar-refractivity contribution in [3.63, 3.8) is 0 Å². The van der Waals surface area contributed by atoms with E-state index in [1.807, 2.05) is 0 Å². The monoisotopic (exact) mass is 431 g/mol. The molecule has 2 N–H and O–H groups in total. The molecular weight excluding hydrogens is 410 g/mol. The third kappa shape index (κ3) is 5.66. The maximum Gasteiger partial charge on any atom is 0.338 e. The van der Waals surface area contributed by atoms with E-state index in [2.05, 4.69) is 10.6 Å². The van der Waals surface area contributed by atoms with Crippen molar-refractivity contribution >= 4 is 39.5 Å². The SMILES string of the molecule is CN(C)S(=O)(=O)c1cc(C(=O)OCC(=O)NC(=O)NC2CCCC2)ccc1Cl. The number of carbonyl (C=O) groups is 3. The molecule has 1 fully saturated rings. The van der Waals surface area contributed by atoms with Gasteiger partial charge in [-0.05, 0) is 31.0 Å². The van der Waals surface area contributed by atoms with Gasteiger partial charge in [-0.2, -0.15) is 0 Å². The first-order valence-corrected chi connectivity index (χ1v) is 10.4. The molecule has 1 aromatic rings. The molecule has 0 unspecified atom stereocenters. The molecule has 2 rings (SSSR count). The van der Waals surface area contributed by atoms with Crippen molar-refractivity contribution < 1.29 is 27.5 Å². The number of hydrogen-bond donors (Lipinski definition) is 2. The molecule has 0 bridgehead atoms. The van der Waals surface area contributed by atoms with E-state index in [0.29, 0.717) is 0 Å². The molecule has 1 aliphatic carbocycles. The molecule has 28 heavy (non-hydrogen) atoms. The van der Waals surface area contributed by atoms with E-state index in [9.17, 15) is 22.8 Å². The lowest BCUT2D eigenvalue weighted by Crippen LogP contribution is -2.45. The Morgan fingerprint density at radius 1 is 1.21 bits per heavy atom. The molecule has 0 spiro atoms. The number of halogens is 1. The molecule has 9 nitrogen and oxygen atoms in total. The second-order valence-electron chi connectivity index (χ2n) is 6.51. The highest BCUT2D eigenvalue weighted by atomic mass is 35.5. The second-order valence-corrected chi connectivity index (χ2v) is 9.04. The predicted octanol–water partition coefficient (Wildman–Crippen LogP) is 1.52. The number of amides is 3. The van der Waals surface area contributed by atoms with E-state index in [1.165, 1.54) is 26.2 Å². The summed E-state index contributed by atoms with van der Waals surface area (Å²) in [5.41, 5.74) is -0.0898. The van der Waals surface area contributed by atoms with E-state index in [4.69, 9.17) is 16.3 Å². The Labute approximate surface area is 168 Å². The van der Waals surface area contributed by atoms with Gasteiger partial charge >= 0.3 is 12.0 Å². The number of sulfonamides is 1. The van der Waals surface area contributed by atoms with Crippen molar-refractivity contribution in [1.82, 2.24) is 14.9 Å². The van der Waals surface area contributed by atoms with Gasteiger partial charge in [0, 0.05) is 20.1 Å². The zero-order chi connectivity index (χ0) is 20.9. The lowest BCUT2D eigenvalue weighted by atomic mass is 10.2. The van der Waals surface area contributed by atoms with Gasteiger partial charge in [-0.25, -0.2) is 22.3 Å². The molecule has 1 aliphatic rings. The van der Waals surface area contributed by atoms with Gasteiger partial charge in [-0.15, -0.1) is 0 Å². The van der Waals surface area contributed by atoms with Gasteiger partial charge in [0.2, 0.25) is 10.0 Å². The summed E-state index contributed by atoms with van der Waals surface area (Å²) in [5.74, 6) is -1.71. The number of carbonyl (C=O) groups excluding carboxylic acids is 3. The van der Waals surface area contributed by atoms with Crippen LogP contribution in [0.1, 0.15) is 36.0 Å². The number of esters is 1. The first-order chi connectivity index (χ1) is 13.1. The van der Waals surface area contributed by atoms with E-state index in [-0.39, 0.29) is 21.5 Å². The summed E-state index contributed by atoms with van der Waals surface area (Å²) in [5, 5.41) is 4.71. The van der Waals surface area contributed by atoms with Crippen LogP contribution in [0.3, 0.4) is 0 Å². The van der Waals surface area contributed by atoms with E-state index in [0.717, 1.165) is 36.1 Å². The van der Waals surface area contributed by atoms with Crippen molar-refractivity contribution in [1.29, 1.82) is 0 Å². The number of imide groups is 1. The molecule has 11 heteroatoms. The topological polar surface area (TPSA) is 122 Å². The number of nitrogens with one attached hydrogen (secondary N) is 2. The Hall–Kier alpha value is -2.17. The van der Waals surface area contributed by atoms with Crippen LogP contribution in [0.2, 0.25) is 5.02 Å². The average molecular weight is 432 g/mol. The van der Waals surface area contributed by atoms with Crippen LogP contribution in [0.15, 0.2) is 23.1 Å². The Kier molecular flexibility index (Phi) is 7.39. The van der Waals surface area contributed by atoms with Crippen molar-refractivity contribution in [3.8, 4) is 0 Å². The molecule has 154 valence electrons. The summed E-state index contributed by atoms with van der Waals surface area (Å²) in [6, 6.07) is 3.01. The minimum Gasteiger partial charge on any atom is -0.452 e. The third-order valence-corrected chi connectivity index (χ3v) is 6.50. The molecular formula is C17H22ClN3O6S. The molecule has 0 atom stereocenters. The zero-order valence-corrected chi connectivity index (χ0v) is 17.1. The van der Waals surface area contributed by atoms with Gasteiger partial charge < -0.3 is 10.1 Å². The van der Waals surface area contributed by atoms with Crippen LogP contribution in [0.5, 0.6) is 0 Å². The van der Waals surface area contributed by atoms with Gasteiger partial charge in [0.25, 0.3) is 5.91 Å².